The lowest BCUT2D eigenvalue weighted by Gasteiger charge is -2.27. The summed E-state index contributed by atoms with van der Waals surface area (Å²) in [5.41, 5.74) is 1.57. The fourth-order valence-electron chi connectivity index (χ4n) is 3.57. The zero-order chi connectivity index (χ0) is 20.3. The molecule has 2 aromatic rings. The van der Waals surface area contributed by atoms with Gasteiger partial charge in [0.25, 0.3) is 0 Å². The normalized spacial score (nSPS) is 16.9. The van der Waals surface area contributed by atoms with Crippen LogP contribution in [0.1, 0.15) is 24.6 Å². The largest absolute Gasteiger partial charge is 0.353 e. The van der Waals surface area contributed by atoms with Crippen molar-refractivity contribution >= 4 is 40.7 Å². The number of halogens is 2. The van der Waals surface area contributed by atoms with Gasteiger partial charge in [0.15, 0.2) is 0 Å². The molecule has 0 saturated carbocycles. The van der Waals surface area contributed by atoms with Gasteiger partial charge in [0, 0.05) is 26.0 Å². The number of nitrogens with one attached hydrogen (secondary N) is 1. The lowest BCUT2D eigenvalue weighted by molar-refractivity contribution is -0.134. The molecule has 3 rings (SSSR count). The standard InChI is InChI=1S/C20H24Cl2N4O2/c1-24-10-4-8-16(24)17-9-5-11-26(17)13-19(28)25(2)12-18(27)23-20-14(21)6-3-7-15(20)22/h3-4,6-8,10,17H,5,9,11-13H2,1-2H3,(H,23,27)/t17-/m0/s1. The van der Waals surface area contributed by atoms with E-state index in [1.54, 1.807) is 25.2 Å². The van der Waals surface area contributed by atoms with Crippen LogP contribution in [0.4, 0.5) is 5.69 Å². The van der Waals surface area contributed by atoms with Crippen molar-refractivity contribution in [3.63, 3.8) is 0 Å². The van der Waals surface area contributed by atoms with E-state index in [-0.39, 0.29) is 30.9 Å². The third-order valence-corrected chi connectivity index (χ3v) is 5.69. The number of rotatable bonds is 6. The first-order valence-electron chi connectivity index (χ1n) is 9.20. The Kier molecular flexibility index (Phi) is 6.65. The Morgan fingerprint density at radius 3 is 2.57 bits per heavy atom. The number of likely N-dealkylation sites (N-methyl/N-ethyl adjacent to an activating group) is 1. The Morgan fingerprint density at radius 2 is 1.93 bits per heavy atom. The van der Waals surface area contributed by atoms with Crippen LogP contribution in [-0.2, 0) is 16.6 Å². The summed E-state index contributed by atoms with van der Waals surface area (Å²) in [7, 11) is 3.65. The van der Waals surface area contributed by atoms with E-state index in [2.05, 4.69) is 20.9 Å². The first kappa shape index (κ1) is 20.7. The first-order valence-corrected chi connectivity index (χ1v) is 9.95. The Hall–Kier alpha value is -2.02. The summed E-state index contributed by atoms with van der Waals surface area (Å²) < 4.78 is 2.10. The van der Waals surface area contributed by atoms with E-state index in [4.69, 9.17) is 23.2 Å². The number of carbonyl (C=O) groups is 2. The highest BCUT2D eigenvalue weighted by Gasteiger charge is 2.30. The summed E-state index contributed by atoms with van der Waals surface area (Å²) in [5.74, 6) is -0.437. The fourth-order valence-corrected chi connectivity index (χ4v) is 4.06. The van der Waals surface area contributed by atoms with Crippen molar-refractivity contribution in [1.29, 1.82) is 0 Å². The zero-order valence-electron chi connectivity index (χ0n) is 16.0. The Labute approximate surface area is 175 Å². The molecule has 0 bridgehead atoms. The van der Waals surface area contributed by atoms with Crippen molar-refractivity contribution in [3.05, 3.63) is 52.3 Å². The first-order chi connectivity index (χ1) is 13.4. The molecule has 1 aromatic carbocycles. The van der Waals surface area contributed by atoms with E-state index in [1.165, 1.54) is 10.6 Å². The molecular weight excluding hydrogens is 399 g/mol. The van der Waals surface area contributed by atoms with Gasteiger partial charge in [-0.1, -0.05) is 29.3 Å². The van der Waals surface area contributed by atoms with E-state index in [1.807, 2.05) is 19.3 Å². The molecule has 1 atom stereocenters. The number of hydrogen-bond donors (Lipinski definition) is 1. The molecular formula is C20H24Cl2N4O2. The van der Waals surface area contributed by atoms with E-state index in [9.17, 15) is 9.59 Å². The van der Waals surface area contributed by atoms with Gasteiger partial charge in [-0.15, -0.1) is 0 Å². The van der Waals surface area contributed by atoms with Gasteiger partial charge >= 0.3 is 0 Å². The number of benzene rings is 1. The second-order valence-electron chi connectivity index (χ2n) is 7.07. The molecule has 1 N–H and O–H groups in total. The van der Waals surface area contributed by atoms with Gasteiger partial charge in [-0.25, -0.2) is 0 Å². The fraction of sp³-hybridized carbons (Fsp3) is 0.400. The number of anilines is 1. The highest BCUT2D eigenvalue weighted by Crippen LogP contribution is 2.32. The molecule has 2 heterocycles. The average Bonchev–Trinajstić information content (AvgIpc) is 3.26. The van der Waals surface area contributed by atoms with Crippen LogP contribution in [0.3, 0.4) is 0 Å². The summed E-state index contributed by atoms with van der Waals surface area (Å²) in [4.78, 5) is 28.6. The second kappa shape index (κ2) is 8.99. The number of carbonyl (C=O) groups excluding carboxylic acids is 2. The van der Waals surface area contributed by atoms with Crippen molar-refractivity contribution in [2.24, 2.45) is 7.05 Å². The monoisotopic (exact) mass is 422 g/mol. The lowest BCUT2D eigenvalue weighted by Crippen LogP contribution is -2.41. The van der Waals surface area contributed by atoms with Crippen molar-refractivity contribution in [1.82, 2.24) is 14.4 Å². The second-order valence-corrected chi connectivity index (χ2v) is 7.88. The average molecular weight is 423 g/mol. The van der Waals surface area contributed by atoms with Crippen LogP contribution in [0.25, 0.3) is 0 Å². The Balaban J connectivity index is 1.57. The molecule has 1 saturated heterocycles. The van der Waals surface area contributed by atoms with Crippen molar-refractivity contribution < 1.29 is 9.59 Å². The quantitative estimate of drug-likeness (QED) is 0.773. The minimum atomic E-state index is -0.341. The molecule has 1 aromatic heterocycles. The van der Waals surface area contributed by atoms with Crippen LogP contribution in [-0.4, -0.2) is 52.9 Å². The van der Waals surface area contributed by atoms with E-state index in [0.29, 0.717) is 15.7 Å². The maximum absolute atomic E-state index is 12.7. The predicted molar refractivity (Wildman–Crippen MR) is 112 cm³/mol. The highest BCUT2D eigenvalue weighted by atomic mass is 35.5. The van der Waals surface area contributed by atoms with E-state index in [0.717, 1.165) is 19.4 Å². The minimum Gasteiger partial charge on any atom is -0.353 e. The third kappa shape index (κ3) is 4.69. The molecule has 1 aliphatic rings. The summed E-state index contributed by atoms with van der Waals surface area (Å²) in [5, 5.41) is 3.40. The summed E-state index contributed by atoms with van der Waals surface area (Å²) in [6.07, 6.45) is 4.10. The van der Waals surface area contributed by atoms with Gasteiger partial charge in [-0.2, -0.15) is 0 Å². The van der Waals surface area contributed by atoms with Crippen LogP contribution in [0.15, 0.2) is 36.5 Å². The van der Waals surface area contributed by atoms with Crippen LogP contribution in [0.2, 0.25) is 10.0 Å². The Morgan fingerprint density at radius 1 is 1.21 bits per heavy atom. The van der Waals surface area contributed by atoms with Gasteiger partial charge in [-0.05, 0) is 43.7 Å². The highest BCUT2D eigenvalue weighted by molar-refractivity contribution is 6.39. The molecule has 0 aliphatic carbocycles. The number of likely N-dealkylation sites (tertiary alicyclic amines) is 1. The molecule has 2 amide bonds. The van der Waals surface area contributed by atoms with Gasteiger partial charge in [0.1, 0.15) is 0 Å². The summed E-state index contributed by atoms with van der Waals surface area (Å²) >= 11 is 12.2. The van der Waals surface area contributed by atoms with Crippen LogP contribution >= 0.6 is 23.2 Å². The van der Waals surface area contributed by atoms with Crippen molar-refractivity contribution in [2.75, 3.05) is 32.0 Å². The molecule has 1 fully saturated rings. The van der Waals surface area contributed by atoms with Crippen LogP contribution in [0, 0.1) is 0 Å². The van der Waals surface area contributed by atoms with Gasteiger partial charge in [0.2, 0.25) is 11.8 Å². The third-order valence-electron chi connectivity index (χ3n) is 5.06. The number of aromatic nitrogens is 1. The lowest BCUT2D eigenvalue weighted by atomic mass is 10.1. The maximum Gasteiger partial charge on any atom is 0.244 e. The number of para-hydroxylation sites is 1. The number of amides is 2. The predicted octanol–water partition coefficient (Wildman–Crippen LogP) is 3.57. The molecule has 150 valence electrons. The van der Waals surface area contributed by atoms with Crippen LogP contribution < -0.4 is 5.32 Å². The number of aryl methyl sites for hydroxylation is 1. The number of nitrogens with zero attached hydrogens (tertiary/aromatic N) is 3. The molecule has 6 nitrogen and oxygen atoms in total. The number of hydrogen-bond acceptors (Lipinski definition) is 3. The molecule has 8 heteroatoms. The van der Waals surface area contributed by atoms with E-state index < -0.39 is 0 Å². The van der Waals surface area contributed by atoms with Crippen molar-refractivity contribution in [2.45, 2.75) is 18.9 Å². The molecule has 1 aliphatic heterocycles. The smallest absolute Gasteiger partial charge is 0.244 e. The molecule has 0 radical (unpaired) electrons. The molecule has 28 heavy (non-hydrogen) atoms. The summed E-state index contributed by atoms with van der Waals surface area (Å²) in [6, 6.07) is 9.34. The van der Waals surface area contributed by atoms with Gasteiger partial charge in [0.05, 0.1) is 34.9 Å². The van der Waals surface area contributed by atoms with Gasteiger partial charge < -0.3 is 14.8 Å². The van der Waals surface area contributed by atoms with Gasteiger partial charge in [-0.3, -0.25) is 14.5 Å². The molecule has 0 spiro atoms. The molecule has 0 unspecified atom stereocenters. The zero-order valence-corrected chi connectivity index (χ0v) is 17.5. The Bertz CT molecular complexity index is 847. The van der Waals surface area contributed by atoms with Crippen molar-refractivity contribution in [3.8, 4) is 0 Å². The van der Waals surface area contributed by atoms with E-state index >= 15 is 0 Å². The minimum absolute atomic E-state index is 0.0664. The summed E-state index contributed by atoms with van der Waals surface area (Å²) in [6.45, 7) is 1.09. The maximum atomic E-state index is 12.7. The SMILES string of the molecule is CN(CC(=O)Nc1c(Cl)cccc1Cl)C(=O)CN1CCC[C@H]1c1cccn1C. The topological polar surface area (TPSA) is 57.6 Å². The van der Waals surface area contributed by atoms with Crippen LogP contribution in [0.5, 0.6) is 0 Å².